The number of nitrogens with two attached hydrogens (primary N) is 2. The number of ketones is 3. The summed E-state index contributed by atoms with van der Waals surface area (Å²) in [7, 11) is 4.53. The molecule has 2 saturated heterocycles. The maximum atomic E-state index is 14.7. The monoisotopic (exact) mass is 1390 g/mol. The summed E-state index contributed by atoms with van der Waals surface area (Å²) in [6.45, 7) is 16.4. The number of anilines is 1. The number of alkyl carbamates (subject to hydrolysis) is 1. The van der Waals surface area contributed by atoms with Crippen molar-refractivity contribution in [2.24, 2.45) is 52.9 Å². The third kappa shape index (κ3) is 25.7. The van der Waals surface area contributed by atoms with Gasteiger partial charge in [0.25, 0.3) is 11.7 Å². The number of carbonyl (C=O) groups excluding carboxylic acids is 9. The van der Waals surface area contributed by atoms with Gasteiger partial charge in [0, 0.05) is 70.7 Å². The quantitative estimate of drug-likeness (QED) is 0.0180. The van der Waals surface area contributed by atoms with Gasteiger partial charge in [-0.1, -0.05) is 97.1 Å². The van der Waals surface area contributed by atoms with E-state index in [0.717, 1.165) is 5.57 Å². The Labute approximate surface area is 584 Å². The van der Waals surface area contributed by atoms with Gasteiger partial charge >= 0.3 is 18.1 Å². The number of fused-ring (bicyclic) bond motifs is 3. The summed E-state index contributed by atoms with van der Waals surface area (Å²) in [6, 6.07) is 2.89. The average Bonchev–Trinajstić information content (AvgIpc) is 0.774. The van der Waals surface area contributed by atoms with Crippen LogP contribution in [0.5, 0.6) is 0 Å². The molecular weight excluding hydrogens is 1280 g/mol. The summed E-state index contributed by atoms with van der Waals surface area (Å²) in [5.74, 6) is -9.70. The predicted molar refractivity (Wildman–Crippen MR) is 370 cm³/mol. The van der Waals surface area contributed by atoms with Gasteiger partial charge in [0.2, 0.25) is 17.6 Å². The molecule has 1 saturated carbocycles. The predicted octanol–water partition coefficient (Wildman–Crippen LogP) is 6.96. The van der Waals surface area contributed by atoms with Gasteiger partial charge in [-0.15, -0.1) is 0 Å². The number of carbonyl (C=O) groups is 9. The highest BCUT2D eigenvalue weighted by Gasteiger charge is 2.53. The molecule has 5 rings (SSSR count). The van der Waals surface area contributed by atoms with Crippen molar-refractivity contribution in [1.29, 1.82) is 0 Å². The van der Waals surface area contributed by atoms with Crippen LogP contribution in [0.3, 0.4) is 0 Å². The Kier molecular flexibility index (Phi) is 34.5. The van der Waals surface area contributed by atoms with Crippen molar-refractivity contribution < 1.29 is 91.3 Å². The number of hydrogen-bond donors (Lipinski definition) is 8. The SMILES string of the molecule is CO[C@H]1C[C@@H]2CC[C@@H](C)[C@@](O)(O2)C(=O)C(=O)N2CCCC[C@H]2C(=O)O[C@H]([C@@H](C)C[C@H]2CC[C@@H](OCCOCNC(=O)OCc3ccc(NC(=O)[C@H](CCCNC(N)=O)NC(=O)[C@@H](N)C(C)C)cc3)[C@H](OC)C2)CC(=O)[C@H](C)/C=C(\C)[C@@H](O)[C@@H](OC)C(=O)[C@H](C)C[C@H](C)/C=C/C=CC=C1C. The van der Waals surface area contributed by atoms with E-state index in [0.29, 0.717) is 81.0 Å². The van der Waals surface area contributed by atoms with Crippen LogP contribution >= 0.6 is 0 Å². The molecular formula is C73H113N7O19. The number of esters is 1. The lowest BCUT2D eigenvalue weighted by atomic mass is 9.78. The summed E-state index contributed by atoms with van der Waals surface area (Å²) < 4.78 is 47.3. The van der Waals surface area contributed by atoms with E-state index in [1.165, 1.54) is 12.0 Å². The van der Waals surface area contributed by atoms with Crippen LogP contribution in [0.25, 0.3) is 0 Å². The molecule has 3 aliphatic heterocycles. The largest absolute Gasteiger partial charge is 0.460 e. The maximum Gasteiger partial charge on any atom is 0.409 e. The molecule has 1 aromatic carbocycles. The van der Waals surface area contributed by atoms with Gasteiger partial charge in [-0.25, -0.2) is 14.4 Å². The van der Waals surface area contributed by atoms with Crippen molar-refractivity contribution in [1.82, 2.24) is 20.9 Å². The first-order valence-electron chi connectivity index (χ1n) is 35.1. The molecule has 3 heterocycles. The highest BCUT2D eigenvalue weighted by atomic mass is 16.6. The summed E-state index contributed by atoms with van der Waals surface area (Å²) in [5.41, 5.74) is 13.4. The molecule has 99 heavy (non-hydrogen) atoms. The first-order chi connectivity index (χ1) is 47.0. The van der Waals surface area contributed by atoms with Gasteiger partial charge < -0.3 is 80.4 Å². The number of benzene rings is 1. The highest BCUT2D eigenvalue weighted by Crippen LogP contribution is 2.38. The van der Waals surface area contributed by atoms with Gasteiger partial charge in [0.15, 0.2) is 5.78 Å². The zero-order valence-corrected chi connectivity index (χ0v) is 60.2. The van der Waals surface area contributed by atoms with Crippen molar-refractivity contribution in [2.45, 2.75) is 225 Å². The van der Waals surface area contributed by atoms with Crippen LogP contribution in [-0.2, 0) is 78.1 Å². The van der Waals surface area contributed by atoms with Crippen molar-refractivity contribution in [2.75, 3.05) is 59.7 Å². The van der Waals surface area contributed by atoms with Gasteiger partial charge in [0.1, 0.15) is 49.5 Å². The number of Topliss-reactive ketones (excluding diaryl/α,β-unsaturated/α-hetero) is 3. The first kappa shape index (κ1) is 82.9. The third-order valence-electron chi connectivity index (χ3n) is 19.5. The highest BCUT2D eigenvalue weighted by molar-refractivity contribution is 6.39. The maximum absolute atomic E-state index is 14.7. The summed E-state index contributed by atoms with van der Waals surface area (Å²) in [5, 5.41) is 34.2. The third-order valence-corrected chi connectivity index (χ3v) is 19.5. The van der Waals surface area contributed by atoms with Crippen LogP contribution in [0.2, 0.25) is 0 Å². The molecule has 0 unspecified atom stereocenters. The number of allylic oxidation sites excluding steroid dienone is 6. The van der Waals surface area contributed by atoms with Crippen LogP contribution in [0.4, 0.5) is 15.3 Å². The first-order valence-corrected chi connectivity index (χ1v) is 35.1. The van der Waals surface area contributed by atoms with Gasteiger partial charge in [-0.3, -0.25) is 34.1 Å². The molecule has 554 valence electrons. The second kappa shape index (κ2) is 41.2. The zero-order valence-electron chi connectivity index (χ0n) is 60.2. The van der Waals surface area contributed by atoms with Crippen molar-refractivity contribution in [3.05, 3.63) is 77.4 Å². The Hall–Kier alpha value is -6.75. The smallest absolute Gasteiger partial charge is 0.409 e. The van der Waals surface area contributed by atoms with E-state index in [2.05, 4.69) is 21.3 Å². The number of primary amides is 1. The molecule has 6 amide bonds. The molecule has 0 aromatic heterocycles. The van der Waals surface area contributed by atoms with Crippen molar-refractivity contribution in [3.63, 3.8) is 0 Å². The number of cyclic esters (lactones) is 1. The molecule has 17 atom stereocenters. The molecule has 3 fully saturated rings. The number of ether oxygens (including phenoxy) is 8. The minimum Gasteiger partial charge on any atom is -0.460 e. The fraction of sp³-hybridized carbons (Fsp3) is 0.685. The summed E-state index contributed by atoms with van der Waals surface area (Å²) >= 11 is 0. The Balaban J connectivity index is 1.21. The van der Waals surface area contributed by atoms with Crippen molar-refractivity contribution in [3.8, 4) is 0 Å². The van der Waals surface area contributed by atoms with Gasteiger partial charge in [-0.2, -0.15) is 0 Å². The lowest BCUT2D eigenvalue weighted by Gasteiger charge is -2.42. The Bertz CT molecular complexity index is 2960. The Morgan fingerprint density at radius 1 is 0.818 bits per heavy atom. The lowest BCUT2D eigenvalue weighted by molar-refractivity contribution is -0.265. The number of aliphatic hydroxyl groups is 2. The van der Waals surface area contributed by atoms with Crippen LogP contribution in [-0.4, -0.2) is 189 Å². The molecule has 26 heteroatoms. The van der Waals surface area contributed by atoms with E-state index in [1.54, 1.807) is 86.1 Å². The molecule has 1 aromatic rings. The molecule has 2 bridgehead atoms. The van der Waals surface area contributed by atoms with E-state index < -0.39 is 120 Å². The van der Waals surface area contributed by atoms with E-state index in [9.17, 15) is 53.4 Å². The normalized spacial score (nSPS) is 30.1. The van der Waals surface area contributed by atoms with E-state index in [4.69, 9.17) is 49.4 Å². The van der Waals surface area contributed by atoms with Gasteiger partial charge in [-0.05, 0) is 143 Å². The number of rotatable bonds is 23. The minimum absolute atomic E-state index is 0.0186. The van der Waals surface area contributed by atoms with Crippen LogP contribution in [0.1, 0.15) is 158 Å². The second-order valence-corrected chi connectivity index (χ2v) is 27.7. The number of piperidine rings is 1. The number of nitrogens with one attached hydrogen (secondary N) is 4. The van der Waals surface area contributed by atoms with Crippen LogP contribution in [0, 0.1) is 41.4 Å². The van der Waals surface area contributed by atoms with Crippen molar-refractivity contribution >= 4 is 58.9 Å². The van der Waals surface area contributed by atoms with E-state index in [-0.39, 0.29) is 107 Å². The molecule has 1 aliphatic carbocycles. The van der Waals surface area contributed by atoms with Crippen LogP contribution < -0.4 is 32.7 Å². The minimum atomic E-state index is -2.48. The summed E-state index contributed by atoms with van der Waals surface area (Å²) in [6.07, 6.45) is 10.6. The fourth-order valence-corrected chi connectivity index (χ4v) is 13.2. The molecule has 0 spiro atoms. The fourth-order valence-electron chi connectivity index (χ4n) is 13.2. The Morgan fingerprint density at radius 2 is 1.55 bits per heavy atom. The topological polar surface area (TPSA) is 371 Å². The number of methoxy groups -OCH3 is 3. The van der Waals surface area contributed by atoms with Crippen LogP contribution in [0.15, 0.2) is 71.9 Å². The second-order valence-electron chi connectivity index (χ2n) is 27.7. The Morgan fingerprint density at radius 3 is 2.22 bits per heavy atom. The zero-order chi connectivity index (χ0) is 73.1. The molecule has 4 aliphatic rings. The number of urea groups is 1. The van der Waals surface area contributed by atoms with Gasteiger partial charge in [0.05, 0.1) is 43.7 Å². The standard InChI is InChI=1S/C73H113N7O19/c1-43(2)62(74)68(86)79-55(21-18-31-76-71(75)89)67(85)78-53-27-24-51(25-28-53)41-97-72(90)77-42-95-33-34-96-58-30-26-52(38-61(58)93-11)37-47(6)60-40-57(81)46(5)36-49(8)64(83)65(94-12)63(82)48(7)35-44(3)19-14-13-15-20-45(4)59(92-10)39-54-29-23-50(9)73(91,99-54)66(84)69(87)80-32-17-16-22-56(80)70(88)98-60/h13-15,19-20,24-25,27-28,36,43-44,46-48,50,52,54-56,58-62,64-65,83,91H,16-18,21-23,26,29-35,37-42,74H2,1-12H3,(H,77,90)(H,78,85)(H,79,86)(H3,75,76,89)/b15-13?,19-14+,45-20?,49-36+/t44-,46-,47+,48-,50-,52-,54+,55+,56+,58-,59+,60+,61-,62+,64-,65+,73-/m1/s1. The molecule has 10 N–H and O–H groups in total. The number of amides is 6. The number of aliphatic hydroxyl groups excluding tert-OH is 1. The summed E-state index contributed by atoms with van der Waals surface area (Å²) in [4.78, 5) is 123. The number of nitrogens with zero attached hydrogens (tertiary/aromatic N) is 1. The molecule has 0 radical (unpaired) electrons. The average molecular weight is 1390 g/mol. The van der Waals surface area contributed by atoms with E-state index in [1.807, 2.05) is 51.2 Å². The lowest BCUT2D eigenvalue weighted by Crippen LogP contribution is -2.61. The van der Waals surface area contributed by atoms with E-state index >= 15 is 0 Å². The number of hydrogen-bond acceptors (Lipinski definition) is 20. The molecule has 26 nitrogen and oxygen atoms in total.